The third-order valence-corrected chi connectivity index (χ3v) is 5.43. The number of carbonyl (C=O) groups is 2. The molecule has 0 spiro atoms. The molecule has 3 heteroatoms. The first-order chi connectivity index (χ1) is 11.7. The maximum Gasteiger partial charge on any atom is 0.189 e. The lowest BCUT2D eigenvalue weighted by Gasteiger charge is -2.14. The Morgan fingerprint density at radius 3 is 2.42 bits per heavy atom. The van der Waals surface area contributed by atoms with Gasteiger partial charge in [-0.3, -0.25) is 9.59 Å². The van der Waals surface area contributed by atoms with Crippen LogP contribution < -0.4 is 5.30 Å². The highest BCUT2D eigenvalue weighted by molar-refractivity contribution is 7.53. The van der Waals surface area contributed by atoms with Crippen LogP contribution in [0.2, 0.25) is 0 Å². The molecule has 120 valence electrons. The fourth-order valence-corrected chi connectivity index (χ4v) is 3.84. The van der Waals surface area contributed by atoms with Gasteiger partial charge in [0.2, 0.25) is 0 Å². The molecule has 0 aromatic heterocycles. The number of benzene rings is 2. The molecule has 0 heterocycles. The summed E-state index contributed by atoms with van der Waals surface area (Å²) >= 11 is 0. The summed E-state index contributed by atoms with van der Waals surface area (Å²) in [6.07, 6.45) is 4.64. The van der Waals surface area contributed by atoms with E-state index in [9.17, 15) is 9.59 Å². The van der Waals surface area contributed by atoms with Gasteiger partial charge in [0, 0.05) is 22.9 Å². The summed E-state index contributed by atoms with van der Waals surface area (Å²) in [5, 5.41) is 1.93. The lowest BCUT2D eigenvalue weighted by molar-refractivity contribution is -0.114. The van der Waals surface area contributed by atoms with Crippen molar-refractivity contribution in [3.63, 3.8) is 0 Å². The topological polar surface area (TPSA) is 34.1 Å². The van der Waals surface area contributed by atoms with Gasteiger partial charge in [0.1, 0.15) is 0 Å². The molecule has 1 atom stereocenters. The van der Waals surface area contributed by atoms with Gasteiger partial charge in [-0.25, -0.2) is 0 Å². The number of hydrogen-bond donors (Lipinski definition) is 0. The molecule has 1 aliphatic rings. The zero-order chi connectivity index (χ0) is 16.9. The summed E-state index contributed by atoms with van der Waals surface area (Å²) in [6.45, 7) is 2.03. The van der Waals surface area contributed by atoms with Gasteiger partial charge in [-0.1, -0.05) is 82.3 Å². The predicted octanol–water partition coefficient (Wildman–Crippen LogP) is 4.22. The molecule has 0 bridgehead atoms. The Labute approximate surface area is 144 Å². The second-order valence-corrected chi connectivity index (χ2v) is 7.07. The first-order valence-corrected chi connectivity index (χ1v) is 9.07. The van der Waals surface area contributed by atoms with E-state index in [4.69, 9.17) is 0 Å². The summed E-state index contributed by atoms with van der Waals surface area (Å²) in [4.78, 5) is 25.2. The number of Topliss-reactive ketones (excluding diaryl/α,β-unsaturated/α-hetero) is 2. The quantitative estimate of drug-likeness (QED) is 0.606. The molecule has 2 nitrogen and oxygen atoms in total. The van der Waals surface area contributed by atoms with Crippen molar-refractivity contribution in [2.45, 2.75) is 19.8 Å². The van der Waals surface area contributed by atoms with Crippen molar-refractivity contribution in [3.8, 4) is 0 Å². The molecule has 0 N–H and O–H groups in total. The molecule has 1 aliphatic carbocycles. The summed E-state index contributed by atoms with van der Waals surface area (Å²) in [6, 6.07) is 17.6. The maximum atomic E-state index is 12.7. The van der Waals surface area contributed by atoms with Crippen LogP contribution in [0, 0.1) is 0 Å². The Morgan fingerprint density at radius 1 is 1.00 bits per heavy atom. The number of ketones is 2. The number of aryl methyl sites for hydroxylation is 1. The number of hydrogen-bond acceptors (Lipinski definition) is 2. The second-order valence-electron chi connectivity index (χ2n) is 5.70. The molecular formula is C21H19O2P. The number of rotatable bonds is 5. The number of allylic oxidation sites excluding steroid dienone is 4. The van der Waals surface area contributed by atoms with Gasteiger partial charge < -0.3 is 0 Å². The van der Waals surface area contributed by atoms with Crippen LogP contribution in [0.5, 0.6) is 0 Å². The minimum atomic E-state index is -0.0286. The molecule has 1 unspecified atom stereocenters. The molecule has 0 fully saturated rings. The van der Waals surface area contributed by atoms with Gasteiger partial charge in [-0.15, -0.1) is 0 Å². The summed E-state index contributed by atoms with van der Waals surface area (Å²) in [5.41, 5.74) is 2.32. The first-order valence-electron chi connectivity index (χ1n) is 8.07. The Bertz CT molecular complexity index is 832. The van der Waals surface area contributed by atoms with E-state index < -0.39 is 0 Å². The monoisotopic (exact) mass is 334 g/mol. The van der Waals surface area contributed by atoms with Crippen LogP contribution in [0.25, 0.3) is 0 Å². The minimum absolute atomic E-state index is 0.0286. The second kappa shape index (κ2) is 7.51. The minimum Gasteiger partial charge on any atom is -0.294 e. The fourth-order valence-electron chi connectivity index (χ4n) is 2.77. The van der Waals surface area contributed by atoms with Crippen molar-refractivity contribution in [3.05, 3.63) is 88.8 Å². The zero-order valence-corrected chi connectivity index (χ0v) is 14.6. The Morgan fingerprint density at radius 2 is 1.71 bits per heavy atom. The van der Waals surface area contributed by atoms with Crippen LogP contribution in [0.1, 0.15) is 29.3 Å². The molecular weight excluding hydrogens is 315 g/mol. The van der Waals surface area contributed by atoms with Crippen LogP contribution in [0.4, 0.5) is 0 Å². The van der Waals surface area contributed by atoms with Crippen LogP contribution in [0.3, 0.4) is 0 Å². The van der Waals surface area contributed by atoms with E-state index in [2.05, 4.69) is 0 Å². The standard InChI is InChI=1S/C21H19O2P/c1-2-15-8-6-7-11-18(15)21(23)16-12-13-20(19(22)14-16)24-17-9-4-3-5-10-17/h3-13,24H,2,14H2,1H3. The Kier molecular flexibility index (Phi) is 5.17. The van der Waals surface area contributed by atoms with Crippen LogP contribution in [0.15, 0.2) is 77.6 Å². The van der Waals surface area contributed by atoms with Gasteiger partial charge in [0.05, 0.1) is 0 Å². The van der Waals surface area contributed by atoms with Crippen molar-refractivity contribution in [2.75, 3.05) is 0 Å². The average Bonchev–Trinajstić information content (AvgIpc) is 2.63. The third-order valence-electron chi connectivity index (χ3n) is 4.09. The Hall–Kier alpha value is -2.31. The van der Waals surface area contributed by atoms with Crippen LogP contribution in [-0.4, -0.2) is 11.6 Å². The van der Waals surface area contributed by atoms with Gasteiger partial charge in [0.25, 0.3) is 0 Å². The van der Waals surface area contributed by atoms with E-state index in [0.717, 1.165) is 22.6 Å². The maximum absolute atomic E-state index is 12.7. The van der Waals surface area contributed by atoms with Crippen molar-refractivity contribution in [1.82, 2.24) is 0 Å². The first kappa shape index (κ1) is 16.5. The highest BCUT2D eigenvalue weighted by Gasteiger charge is 2.22. The number of carbonyl (C=O) groups excluding carboxylic acids is 2. The highest BCUT2D eigenvalue weighted by Crippen LogP contribution is 2.30. The summed E-state index contributed by atoms with van der Waals surface area (Å²) < 4.78 is 0. The molecule has 0 radical (unpaired) electrons. The zero-order valence-electron chi connectivity index (χ0n) is 13.6. The lowest BCUT2D eigenvalue weighted by atomic mass is 9.92. The van der Waals surface area contributed by atoms with E-state index in [1.807, 2.05) is 73.7 Å². The van der Waals surface area contributed by atoms with Crippen LogP contribution in [-0.2, 0) is 11.2 Å². The molecule has 0 aliphatic heterocycles. The van der Waals surface area contributed by atoms with Gasteiger partial charge in [-0.2, -0.15) is 0 Å². The molecule has 24 heavy (non-hydrogen) atoms. The van der Waals surface area contributed by atoms with Gasteiger partial charge in [0.15, 0.2) is 11.6 Å². The molecule has 0 saturated carbocycles. The molecule has 2 aromatic carbocycles. The largest absolute Gasteiger partial charge is 0.294 e. The van der Waals surface area contributed by atoms with Crippen LogP contribution >= 0.6 is 8.58 Å². The molecule has 2 aromatic rings. The SMILES string of the molecule is CCc1ccccc1C(=O)C1=CC=C(Pc2ccccc2)C(=O)C1. The van der Waals surface area contributed by atoms with Crippen molar-refractivity contribution in [2.24, 2.45) is 0 Å². The fraction of sp³-hybridized carbons (Fsp3) is 0.143. The van der Waals surface area contributed by atoms with E-state index in [0.29, 0.717) is 19.7 Å². The normalized spacial score (nSPS) is 14.6. The van der Waals surface area contributed by atoms with E-state index in [-0.39, 0.29) is 18.0 Å². The molecule has 0 saturated heterocycles. The third kappa shape index (κ3) is 3.60. The smallest absolute Gasteiger partial charge is 0.189 e. The van der Waals surface area contributed by atoms with Gasteiger partial charge >= 0.3 is 0 Å². The van der Waals surface area contributed by atoms with E-state index in [1.165, 1.54) is 0 Å². The highest BCUT2D eigenvalue weighted by atomic mass is 31.1. The molecule has 3 rings (SSSR count). The molecule has 0 amide bonds. The lowest BCUT2D eigenvalue weighted by Crippen LogP contribution is -2.14. The Balaban J connectivity index is 1.83. The van der Waals surface area contributed by atoms with Crippen molar-refractivity contribution < 1.29 is 9.59 Å². The summed E-state index contributed by atoms with van der Waals surface area (Å²) in [5.74, 6) is 0.0242. The van der Waals surface area contributed by atoms with E-state index in [1.54, 1.807) is 0 Å². The average molecular weight is 334 g/mol. The predicted molar refractivity (Wildman–Crippen MR) is 100 cm³/mol. The summed E-state index contributed by atoms with van der Waals surface area (Å²) in [7, 11) is 0.337. The van der Waals surface area contributed by atoms with Crippen molar-refractivity contribution in [1.29, 1.82) is 0 Å². The van der Waals surface area contributed by atoms with E-state index >= 15 is 0 Å². The van der Waals surface area contributed by atoms with Crippen molar-refractivity contribution >= 4 is 25.5 Å². The van der Waals surface area contributed by atoms with Gasteiger partial charge in [-0.05, 0) is 17.3 Å².